The number of anilines is 2. The Kier molecular flexibility index (Phi) is 3.25. The average molecular weight is 285 g/mol. The van der Waals surface area contributed by atoms with Crippen molar-refractivity contribution in [3.8, 4) is 0 Å². The zero-order valence-corrected chi connectivity index (χ0v) is 11.4. The van der Waals surface area contributed by atoms with Crippen LogP contribution in [0.1, 0.15) is 33.9 Å². The molecular weight excluding hydrogens is 269 g/mol. The minimum atomic E-state index is -0.772. The molecule has 0 saturated heterocycles. The van der Waals surface area contributed by atoms with Gasteiger partial charge in [-0.3, -0.25) is 4.79 Å². The van der Waals surface area contributed by atoms with Gasteiger partial charge in [0.1, 0.15) is 5.82 Å². The molecular formula is C16H16FN3O. The molecule has 1 aliphatic rings. The molecule has 0 aliphatic heterocycles. The summed E-state index contributed by atoms with van der Waals surface area (Å²) >= 11 is 0. The summed E-state index contributed by atoms with van der Waals surface area (Å²) in [5.41, 5.74) is 14.4. The molecule has 5 N–H and O–H groups in total. The maximum absolute atomic E-state index is 13.8. The van der Waals surface area contributed by atoms with Gasteiger partial charge >= 0.3 is 0 Å². The van der Waals surface area contributed by atoms with E-state index in [4.69, 9.17) is 11.5 Å². The first-order chi connectivity index (χ1) is 10.1. The number of halogens is 1. The Morgan fingerprint density at radius 2 is 2.10 bits per heavy atom. The van der Waals surface area contributed by atoms with Gasteiger partial charge in [0.2, 0.25) is 0 Å². The molecule has 1 aliphatic carbocycles. The molecule has 21 heavy (non-hydrogen) atoms. The van der Waals surface area contributed by atoms with E-state index in [1.807, 2.05) is 18.2 Å². The Morgan fingerprint density at radius 3 is 2.86 bits per heavy atom. The molecule has 0 bridgehead atoms. The van der Waals surface area contributed by atoms with E-state index in [1.54, 1.807) is 12.1 Å². The van der Waals surface area contributed by atoms with Crippen LogP contribution in [-0.2, 0) is 6.42 Å². The SMILES string of the molecule is NC(=O)c1c(F)cccc1NC1CCc2cc(N)ccc21. The zero-order chi connectivity index (χ0) is 15.0. The fourth-order valence-corrected chi connectivity index (χ4v) is 2.87. The number of nitrogen functional groups attached to an aromatic ring is 1. The molecule has 1 unspecified atom stereocenters. The number of primary amides is 1. The molecule has 1 amide bonds. The number of nitrogens with two attached hydrogens (primary N) is 2. The number of benzene rings is 2. The topological polar surface area (TPSA) is 81.1 Å². The number of fused-ring (bicyclic) bond motifs is 1. The van der Waals surface area contributed by atoms with Crippen molar-refractivity contribution in [3.05, 3.63) is 58.9 Å². The number of amides is 1. The van der Waals surface area contributed by atoms with Crippen molar-refractivity contribution < 1.29 is 9.18 Å². The maximum atomic E-state index is 13.8. The van der Waals surface area contributed by atoms with Crippen LogP contribution in [0.15, 0.2) is 36.4 Å². The number of carbonyl (C=O) groups is 1. The fraction of sp³-hybridized carbons (Fsp3) is 0.188. The lowest BCUT2D eigenvalue weighted by molar-refractivity contribution is 0.0997. The highest BCUT2D eigenvalue weighted by molar-refractivity contribution is 5.98. The van der Waals surface area contributed by atoms with Gasteiger partial charge in [0, 0.05) is 5.69 Å². The summed E-state index contributed by atoms with van der Waals surface area (Å²) in [6.45, 7) is 0. The van der Waals surface area contributed by atoms with Crippen molar-refractivity contribution in [1.29, 1.82) is 0 Å². The summed E-state index contributed by atoms with van der Waals surface area (Å²) in [7, 11) is 0. The van der Waals surface area contributed by atoms with Crippen molar-refractivity contribution in [2.75, 3.05) is 11.1 Å². The second kappa shape index (κ2) is 5.09. The Bertz CT molecular complexity index is 715. The normalized spacial score (nSPS) is 16.5. The van der Waals surface area contributed by atoms with Crippen molar-refractivity contribution in [1.82, 2.24) is 0 Å². The second-order valence-electron chi connectivity index (χ2n) is 5.22. The van der Waals surface area contributed by atoms with Gasteiger partial charge in [-0.1, -0.05) is 12.1 Å². The summed E-state index contributed by atoms with van der Waals surface area (Å²) < 4.78 is 13.8. The summed E-state index contributed by atoms with van der Waals surface area (Å²) in [6, 6.07) is 10.3. The van der Waals surface area contributed by atoms with Gasteiger partial charge in [0.15, 0.2) is 0 Å². The Balaban J connectivity index is 1.93. The quantitative estimate of drug-likeness (QED) is 0.758. The molecule has 5 heteroatoms. The molecule has 108 valence electrons. The third-order valence-corrected chi connectivity index (χ3v) is 3.83. The van der Waals surface area contributed by atoms with Gasteiger partial charge in [-0.15, -0.1) is 0 Å². The highest BCUT2D eigenvalue weighted by atomic mass is 19.1. The molecule has 3 rings (SSSR count). The summed E-state index contributed by atoms with van der Waals surface area (Å²) in [6.07, 6.45) is 1.77. The van der Waals surface area contributed by atoms with Crippen molar-refractivity contribution in [3.63, 3.8) is 0 Å². The van der Waals surface area contributed by atoms with E-state index in [1.165, 1.54) is 11.6 Å². The fourth-order valence-electron chi connectivity index (χ4n) is 2.87. The number of hydrogen-bond acceptors (Lipinski definition) is 3. The Morgan fingerprint density at radius 1 is 1.29 bits per heavy atom. The van der Waals surface area contributed by atoms with Crippen LogP contribution in [0.4, 0.5) is 15.8 Å². The van der Waals surface area contributed by atoms with Gasteiger partial charge in [0.25, 0.3) is 5.91 Å². The van der Waals surface area contributed by atoms with Crippen molar-refractivity contribution in [2.24, 2.45) is 5.73 Å². The lowest BCUT2D eigenvalue weighted by Gasteiger charge is -2.18. The van der Waals surface area contributed by atoms with E-state index in [2.05, 4.69) is 5.32 Å². The molecule has 0 aromatic heterocycles. The third kappa shape index (κ3) is 2.42. The molecule has 2 aromatic rings. The van der Waals surface area contributed by atoms with Crippen LogP contribution in [0.25, 0.3) is 0 Å². The minimum absolute atomic E-state index is 0.0282. The monoisotopic (exact) mass is 285 g/mol. The van der Waals surface area contributed by atoms with Gasteiger partial charge in [-0.2, -0.15) is 0 Å². The molecule has 0 radical (unpaired) electrons. The van der Waals surface area contributed by atoms with E-state index in [-0.39, 0.29) is 11.6 Å². The number of rotatable bonds is 3. The van der Waals surface area contributed by atoms with Crippen LogP contribution in [0, 0.1) is 5.82 Å². The molecule has 0 fully saturated rings. The van der Waals surface area contributed by atoms with Gasteiger partial charge in [0.05, 0.1) is 17.3 Å². The smallest absolute Gasteiger partial charge is 0.253 e. The Labute approximate surface area is 121 Å². The molecule has 0 saturated carbocycles. The maximum Gasteiger partial charge on any atom is 0.253 e. The highest BCUT2D eigenvalue weighted by Gasteiger charge is 2.24. The minimum Gasteiger partial charge on any atom is -0.399 e. The van der Waals surface area contributed by atoms with Crippen LogP contribution < -0.4 is 16.8 Å². The lowest BCUT2D eigenvalue weighted by Crippen LogP contribution is -2.18. The Hall–Kier alpha value is -2.56. The highest BCUT2D eigenvalue weighted by Crippen LogP contribution is 2.35. The van der Waals surface area contributed by atoms with E-state index in [0.29, 0.717) is 5.69 Å². The third-order valence-electron chi connectivity index (χ3n) is 3.83. The van der Waals surface area contributed by atoms with E-state index >= 15 is 0 Å². The predicted molar refractivity (Wildman–Crippen MR) is 80.5 cm³/mol. The van der Waals surface area contributed by atoms with E-state index in [9.17, 15) is 9.18 Å². The summed E-state index contributed by atoms with van der Waals surface area (Å²) in [5.74, 6) is -1.38. The molecule has 0 heterocycles. The van der Waals surface area contributed by atoms with Gasteiger partial charge < -0.3 is 16.8 Å². The molecule has 2 aromatic carbocycles. The first-order valence-corrected chi connectivity index (χ1v) is 6.79. The van der Waals surface area contributed by atoms with E-state index in [0.717, 1.165) is 24.1 Å². The lowest BCUT2D eigenvalue weighted by atomic mass is 10.1. The number of nitrogens with one attached hydrogen (secondary N) is 1. The first kappa shape index (κ1) is 13.4. The van der Waals surface area contributed by atoms with Crippen LogP contribution in [0.2, 0.25) is 0 Å². The second-order valence-corrected chi connectivity index (χ2v) is 5.22. The van der Waals surface area contributed by atoms with Crippen LogP contribution in [-0.4, -0.2) is 5.91 Å². The first-order valence-electron chi connectivity index (χ1n) is 6.79. The van der Waals surface area contributed by atoms with Gasteiger partial charge in [-0.25, -0.2) is 4.39 Å². The number of carbonyl (C=O) groups excluding carboxylic acids is 1. The summed E-state index contributed by atoms with van der Waals surface area (Å²) in [4.78, 5) is 11.4. The number of hydrogen-bond donors (Lipinski definition) is 3. The molecule has 0 spiro atoms. The molecule has 4 nitrogen and oxygen atoms in total. The van der Waals surface area contributed by atoms with Crippen LogP contribution in [0.3, 0.4) is 0 Å². The standard InChI is InChI=1S/C16H16FN3O/c17-12-2-1-3-14(15(12)16(19)21)20-13-7-4-9-8-10(18)5-6-11(9)13/h1-3,5-6,8,13,20H,4,7,18H2,(H2,19,21). The predicted octanol–water partition coefficient (Wildman–Crippen LogP) is 2.61. The van der Waals surface area contributed by atoms with Gasteiger partial charge in [-0.05, 0) is 48.2 Å². The average Bonchev–Trinajstić information content (AvgIpc) is 2.80. The number of aryl methyl sites for hydroxylation is 1. The van der Waals surface area contributed by atoms with Crippen LogP contribution in [0.5, 0.6) is 0 Å². The van der Waals surface area contributed by atoms with Crippen molar-refractivity contribution in [2.45, 2.75) is 18.9 Å². The van der Waals surface area contributed by atoms with Crippen molar-refractivity contribution >= 4 is 17.3 Å². The zero-order valence-electron chi connectivity index (χ0n) is 11.4. The molecule has 1 atom stereocenters. The van der Waals surface area contributed by atoms with E-state index < -0.39 is 11.7 Å². The largest absolute Gasteiger partial charge is 0.399 e. The summed E-state index contributed by atoms with van der Waals surface area (Å²) in [5, 5.41) is 3.23. The van der Waals surface area contributed by atoms with Crippen LogP contribution >= 0.6 is 0 Å².